The maximum atomic E-state index is 12.1. The molecule has 0 aromatic heterocycles. The molecule has 0 unspecified atom stereocenters. The highest BCUT2D eigenvalue weighted by Crippen LogP contribution is 2.25. The number of aliphatic imine (C=N–C) groups is 1. The van der Waals surface area contributed by atoms with E-state index in [1.807, 2.05) is 6.92 Å². The number of carbonyl (C=O) groups excluding carboxylic acids is 2. The quantitative estimate of drug-likeness (QED) is 0.767. The lowest BCUT2D eigenvalue weighted by molar-refractivity contribution is -0.122. The third-order valence-corrected chi connectivity index (χ3v) is 4.77. The van der Waals surface area contributed by atoms with Gasteiger partial charge in [0.25, 0.3) is 0 Å². The summed E-state index contributed by atoms with van der Waals surface area (Å²) < 4.78 is 4.90. The zero-order valence-electron chi connectivity index (χ0n) is 12.9. The Labute approximate surface area is 144 Å². The topological polar surface area (TPSA) is 79.8 Å². The predicted octanol–water partition coefficient (Wildman–Crippen LogP) is 2.21. The molecule has 1 aromatic carbocycles. The Balaban J connectivity index is 1.91. The van der Waals surface area contributed by atoms with Crippen LogP contribution in [0, 0.1) is 6.92 Å². The van der Waals surface area contributed by atoms with Crippen LogP contribution in [0.25, 0.3) is 0 Å². The van der Waals surface area contributed by atoms with Crippen molar-refractivity contribution in [1.82, 2.24) is 5.32 Å². The Hall–Kier alpha value is -1.57. The van der Waals surface area contributed by atoms with Crippen molar-refractivity contribution in [3.8, 4) is 0 Å². The number of hydrogen-bond donors (Lipinski definition) is 2. The van der Waals surface area contributed by atoms with E-state index in [1.165, 1.54) is 11.8 Å². The Morgan fingerprint density at radius 2 is 2.30 bits per heavy atom. The molecule has 0 saturated carbocycles. The second-order valence-electron chi connectivity index (χ2n) is 4.94. The molecule has 1 atom stereocenters. The highest BCUT2D eigenvalue weighted by Gasteiger charge is 2.32. The fourth-order valence-corrected chi connectivity index (χ4v) is 3.14. The average molecular weight is 356 g/mol. The summed E-state index contributed by atoms with van der Waals surface area (Å²) in [6, 6.07) is 5.30. The van der Waals surface area contributed by atoms with Gasteiger partial charge in [-0.25, -0.2) is 0 Å². The first-order chi connectivity index (χ1) is 11.0. The van der Waals surface area contributed by atoms with Crippen LogP contribution in [-0.4, -0.2) is 42.5 Å². The molecule has 23 heavy (non-hydrogen) atoms. The molecular weight excluding hydrogens is 338 g/mol. The fraction of sp³-hybridized carbons (Fsp3) is 0.400. The number of hydrogen-bond acceptors (Lipinski definition) is 5. The second-order valence-corrected chi connectivity index (χ2v) is 6.54. The molecule has 0 radical (unpaired) electrons. The first kappa shape index (κ1) is 17.8. The van der Waals surface area contributed by atoms with E-state index >= 15 is 0 Å². The van der Waals surface area contributed by atoms with Gasteiger partial charge in [-0.1, -0.05) is 29.4 Å². The summed E-state index contributed by atoms with van der Waals surface area (Å²) >= 11 is 7.29. The van der Waals surface area contributed by atoms with Crippen LogP contribution in [0.4, 0.5) is 5.69 Å². The molecule has 8 heteroatoms. The number of thioether (sulfide) groups is 1. The first-order valence-corrected chi connectivity index (χ1v) is 8.33. The number of halogens is 1. The third-order valence-electron chi connectivity index (χ3n) is 3.24. The number of benzene rings is 1. The Morgan fingerprint density at radius 3 is 3.04 bits per heavy atom. The van der Waals surface area contributed by atoms with Gasteiger partial charge in [0.2, 0.25) is 11.8 Å². The van der Waals surface area contributed by atoms with Gasteiger partial charge in [0.15, 0.2) is 5.17 Å². The molecular formula is C15H18ClN3O3S. The minimum atomic E-state index is -0.476. The normalized spacial score (nSPS) is 19.0. The summed E-state index contributed by atoms with van der Waals surface area (Å²) in [7, 11) is 1.59. The Kier molecular flexibility index (Phi) is 6.44. The number of nitrogens with zero attached hydrogens (tertiary/aromatic N) is 1. The number of rotatable bonds is 6. The first-order valence-electron chi connectivity index (χ1n) is 7.07. The summed E-state index contributed by atoms with van der Waals surface area (Å²) in [4.78, 5) is 28.2. The average Bonchev–Trinajstić information content (AvgIpc) is 2.84. The lowest BCUT2D eigenvalue weighted by Gasteiger charge is -2.10. The van der Waals surface area contributed by atoms with Crippen LogP contribution in [-0.2, 0) is 14.3 Å². The molecule has 1 heterocycles. The molecule has 1 fully saturated rings. The fourth-order valence-electron chi connectivity index (χ4n) is 1.97. The maximum absolute atomic E-state index is 12.1. The van der Waals surface area contributed by atoms with Crippen molar-refractivity contribution in [2.45, 2.75) is 18.6 Å². The minimum Gasteiger partial charge on any atom is -0.383 e. The van der Waals surface area contributed by atoms with Gasteiger partial charge in [-0.3, -0.25) is 14.6 Å². The van der Waals surface area contributed by atoms with E-state index in [-0.39, 0.29) is 18.2 Å². The predicted molar refractivity (Wildman–Crippen MR) is 93.1 cm³/mol. The monoisotopic (exact) mass is 355 g/mol. The van der Waals surface area contributed by atoms with Gasteiger partial charge >= 0.3 is 0 Å². The summed E-state index contributed by atoms with van der Waals surface area (Å²) in [5.74, 6) is -0.440. The van der Waals surface area contributed by atoms with Crippen LogP contribution in [0.5, 0.6) is 0 Å². The maximum Gasteiger partial charge on any atom is 0.240 e. The standard InChI is InChI=1S/C15H18ClN3O3S/c1-9-10(16)4-3-5-11(9)18-13(20)8-12-14(21)19-15(23-12)17-6-7-22-2/h3-5,12H,6-8H2,1-2H3,(H,18,20)(H,17,19,21)/t12-/m1/s1. The van der Waals surface area contributed by atoms with Crippen molar-refractivity contribution in [3.05, 3.63) is 28.8 Å². The zero-order valence-corrected chi connectivity index (χ0v) is 14.5. The van der Waals surface area contributed by atoms with E-state index in [2.05, 4.69) is 15.6 Å². The summed E-state index contributed by atoms with van der Waals surface area (Å²) in [6.07, 6.45) is 0.0751. The van der Waals surface area contributed by atoms with Crippen LogP contribution in [0.15, 0.2) is 23.2 Å². The number of anilines is 1. The molecule has 6 nitrogen and oxygen atoms in total. The molecule has 1 aliphatic rings. The number of ether oxygens (including phenoxy) is 1. The lowest BCUT2D eigenvalue weighted by atomic mass is 10.2. The number of nitrogens with one attached hydrogen (secondary N) is 2. The van der Waals surface area contributed by atoms with Gasteiger partial charge in [-0.2, -0.15) is 0 Å². The molecule has 1 aliphatic heterocycles. The van der Waals surface area contributed by atoms with Crippen molar-refractivity contribution < 1.29 is 14.3 Å². The molecule has 1 saturated heterocycles. The van der Waals surface area contributed by atoms with Crippen molar-refractivity contribution in [3.63, 3.8) is 0 Å². The van der Waals surface area contributed by atoms with Crippen LogP contribution in [0.3, 0.4) is 0 Å². The Morgan fingerprint density at radius 1 is 1.52 bits per heavy atom. The number of methoxy groups -OCH3 is 1. The molecule has 0 bridgehead atoms. The van der Waals surface area contributed by atoms with Crippen LogP contribution in [0.1, 0.15) is 12.0 Å². The third kappa shape index (κ3) is 4.95. The SMILES string of the molecule is COCCN=C1NC(=O)[C@@H](CC(=O)Nc2cccc(Cl)c2C)S1. The molecule has 124 valence electrons. The second kappa shape index (κ2) is 8.33. The van der Waals surface area contributed by atoms with Crippen LogP contribution >= 0.6 is 23.4 Å². The summed E-state index contributed by atoms with van der Waals surface area (Å²) in [6.45, 7) is 2.79. The van der Waals surface area contributed by atoms with Crippen molar-refractivity contribution >= 4 is 46.0 Å². The molecule has 1 aromatic rings. The summed E-state index contributed by atoms with van der Waals surface area (Å²) in [5, 5.41) is 6.10. The largest absolute Gasteiger partial charge is 0.383 e. The molecule has 2 N–H and O–H groups in total. The van der Waals surface area contributed by atoms with Crippen molar-refractivity contribution in [2.75, 3.05) is 25.6 Å². The van der Waals surface area contributed by atoms with Gasteiger partial charge in [0.1, 0.15) is 5.25 Å². The van der Waals surface area contributed by atoms with E-state index < -0.39 is 5.25 Å². The van der Waals surface area contributed by atoms with Crippen molar-refractivity contribution in [2.24, 2.45) is 4.99 Å². The number of amidine groups is 1. The molecule has 0 spiro atoms. The highest BCUT2D eigenvalue weighted by atomic mass is 35.5. The van der Waals surface area contributed by atoms with Gasteiger partial charge < -0.3 is 15.4 Å². The zero-order chi connectivity index (χ0) is 16.8. The van der Waals surface area contributed by atoms with Gasteiger partial charge in [0.05, 0.1) is 13.2 Å². The summed E-state index contributed by atoms with van der Waals surface area (Å²) in [5.41, 5.74) is 1.45. The highest BCUT2D eigenvalue weighted by molar-refractivity contribution is 8.15. The van der Waals surface area contributed by atoms with Gasteiger partial charge in [-0.05, 0) is 24.6 Å². The van der Waals surface area contributed by atoms with Crippen LogP contribution < -0.4 is 10.6 Å². The van der Waals surface area contributed by atoms with Gasteiger partial charge in [-0.15, -0.1) is 0 Å². The molecule has 0 aliphatic carbocycles. The Bertz CT molecular complexity index is 636. The number of carbonyl (C=O) groups is 2. The van der Waals surface area contributed by atoms with E-state index in [9.17, 15) is 9.59 Å². The van der Waals surface area contributed by atoms with E-state index in [4.69, 9.17) is 16.3 Å². The van der Waals surface area contributed by atoms with E-state index in [0.717, 1.165) is 5.56 Å². The van der Waals surface area contributed by atoms with Crippen LogP contribution in [0.2, 0.25) is 5.02 Å². The van der Waals surface area contributed by atoms with Gasteiger partial charge in [0, 0.05) is 24.2 Å². The number of amides is 2. The smallest absolute Gasteiger partial charge is 0.240 e. The minimum absolute atomic E-state index is 0.0751. The molecule has 2 amide bonds. The lowest BCUT2D eigenvalue weighted by Crippen LogP contribution is -2.28. The van der Waals surface area contributed by atoms with E-state index in [1.54, 1.807) is 25.3 Å². The van der Waals surface area contributed by atoms with Crippen molar-refractivity contribution in [1.29, 1.82) is 0 Å². The van der Waals surface area contributed by atoms with E-state index in [0.29, 0.717) is 29.0 Å². The molecule has 2 rings (SSSR count).